The summed E-state index contributed by atoms with van der Waals surface area (Å²) in [5, 5.41) is 0. The minimum absolute atomic E-state index is 0.0767. The highest BCUT2D eigenvalue weighted by Gasteiger charge is 2.30. The lowest BCUT2D eigenvalue weighted by atomic mass is 10.0. The summed E-state index contributed by atoms with van der Waals surface area (Å²) in [6.07, 6.45) is 2.98. The van der Waals surface area contributed by atoms with Crippen LogP contribution < -0.4 is 5.73 Å². The van der Waals surface area contributed by atoms with Crippen LogP contribution in [0.15, 0.2) is 29.2 Å². The third-order valence-corrected chi connectivity index (χ3v) is 6.58. The van der Waals surface area contributed by atoms with Gasteiger partial charge in [-0.2, -0.15) is 4.31 Å². The molecule has 0 amide bonds. The molecule has 130 valence electrons. The number of likely N-dealkylation sites (tertiary alicyclic amines) is 1. The van der Waals surface area contributed by atoms with Gasteiger partial charge in [0.1, 0.15) is 0 Å². The molecule has 2 rings (SSSR count). The molecule has 1 saturated heterocycles. The Hall–Kier alpha value is -1.11. The summed E-state index contributed by atoms with van der Waals surface area (Å²) in [5.74, 6) is 0.710. The van der Waals surface area contributed by atoms with E-state index in [1.165, 1.54) is 10.7 Å². The molecule has 5 nitrogen and oxygen atoms in total. The topological polar surface area (TPSA) is 66.6 Å². The summed E-state index contributed by atoms with van der Waals surface area (Å²) in [5.41, 5.74) is 6.21. The molecule has 0 unspecified atom stereocenters. The predicted octanol–water partition coefficient (Wildman–Crippen LogP) is 2.40. The highest BCUT2D eigenvalue weighted by atomic mass is 32.2. The Morgan fingerprint density at radius 1 is 1.22 bits per heavy atom. The molecule has 1 aromatic rings. The molecule has 0 saturated carbocycles. The van der Waals surface area contributed by atoms with E-state index in [1.807, 2.05) is 0 Å². The van der Waals surface area contributed by atoms with Gasteiger partial charge in [-0.25, -0.2) is 8.42 Å². The van der Waals surface area contributed by atoms with Gasteiger partial charge in [0.25, 0.3) is 0 Å². The second-order valence-electron chi connectivity index (χ2n) is 6.85. The van der Waals surface area contributed by atoms with Crippen LogP contribution in [-0.2, 0) is 10.0 Å². The van der Waals surface area contributed by atoms with Crippen molar-refractivity contribution in [2.24, 2.45) is 5.92 Å². The van der Waals surface area contributed by atoms with E-state index < -0.39 is 10.0 Å². The van der Waals surface area contributed by atoms with Gasteiger partial charge in [0.15, 0.2) is 0 Å². The van der Waals surface area contributed by atoms with Crippen molar-refractivity contribution in [3.63, 3.8) is 0 Å². The second-order valence-corrected chi connectivity index (χ2v) is 8.84. The first-order chi connectivity index (χ1) is 10.8. The monoisotopic (exact) mass is 339 g/mol. The molecule has 23 heavy (non-hydrogen) atoms. The van der Waals surface area contributed by atoms with E-state index in [1.54, 1.807) is 31.3 Å². The van der Waals surface area contributed by atoms with Crippen LogP contribution in [0.2, 0.25) is 0 Å². The quantitative estimate of drug-likeness (QED) is 0.808. The second kappa shape index (κ2) is 7.64. The standard InChI is InChI=1S/C17H29N3O2S/c1-14(2)8-11-20-12-9-16(10-13-20)19(3)23(21,22)17-6-4-15(18)5-7-17/h4-7,14,16H,8-13,18H2,1-3H3. The number of rotatable bonds is 6. The number of nitrogens with zero attached hydrogens (tertiary/aromatic N) is 2. The molecular formula is C17H29N3O2S. The first kappa shape index (κ1) is 18.2. The normalized spacial score (nSPS) is 18.0. The zero-order valence-corrected chi connectivity index (χ0v) is 15.2. The van der Waals surface area contributed by atoms with E-state index in [-0.39, 0.29) is 6.04 Å². The Bertz CT molecular complexity index is 591. The molecule has 0 aliphatic carbocycles. The SMILES string of the molecule is CC(C)CCN1CCC(N(C)S(=O)(=O)c2ccc(N)cc2)CC1. The highest BCUT2D eigenvalue weighted by Crippen LogP contribution is 2.23. The fraction of sp³-hybridized carbons (Fsp3) is 0.647. The number of hydrogen-bond donors (Lipinski definition) is 1. The largest absolute Gasteiger partial charge is 0.399 e. The van der Waals surface area contributed by atoms with E-state index in [4.69, 9.17) is 5.73 Å². The van der Waals surface area contributed by atoms with Crippen LogP contribution in [0.4, 0.5) is 5.69 Å². The fourth-order valence-electron chi connectivity index (χ4n) is 2.95. The van der Waals surface area contributed by atoms with Crippen molar-refractivity contribution >= 4 is 15.7 Å². The maximum atomic E-state index is 12.7. The van der Waals surface area contributed by atoms with Crippen molar-refractivity contribution in [2.75, 3.05) is 32.4 Å². The van der Waals surface area contributed by atoms with E-state index >= 15 is 0 Å². The number of sulfonamides is 1. The van der Waals surface area contributed by atoms with Gasteiger partial charge in [-0.3, -0.25) is 0 Å². The molecule has 0 radical (unpaired) electrons. The van der Waals surface area contributed by atoms with Gasteiger partial charge in [0.2, 0.25) is 10.0 Å². The maximum absolute atomic E-state index is 12.7. The van der Waals surface area contributed by atoms with Gasteiger partial charge in [-0.1, -0.05) is 13.8 Å². The molecule has 0 atom stereocenters. The van der Waals surface area contributed by atoms with Gasteiger partial charge in [-0.05, 0) is 69.1 Å². The highest BCUT2D eigenvalue weighted by molar-refractivity contribution is 7.89. The number of anilines is 1. The summed E-state index contributed by atoms with van der Waals surface area (Å²) >= 11 is 0. The molecule has 1 aromatic carbocycles. The van der Waals surface area contributed by atoms with E-state index in [0.29, 0.717) is 16.5 Å². The molecule has 1 fully saturated rings. The number of piperidine rings is 1. The Labute approximate surface area is 140 Å². The van der Waals surface area contributed by atoms with Gasteiger partial charge < -0.3 is 10.6 Å². The minimum Gasteiger partial charge on any atom is -0.399 e. The molecule has 1 heterocycles. The van der Waals surface area contributed by atoms with Gasteiger partial charge >= 0.3 is 0 Å². The number of hydrogen-bond acceptors (Lipinski definition) is 4. The molecule has 6 heteroatoms. The maximum Gasteiger partial charge on any atom is 0.243 e. The van der Waals surface area contributed by atoms with Gasteiger partial charge in [-0.15, -0.1) is 0 Å². The number of benzene rings is 1. The Kier molecular flexibility index (Phi) is 6.06. The van der Waals surface area contributed by atoms with Crippen LogP contribution in [-0.4, -0.2) is 50.3 Å². The lowest BCUT2D eigenvalue weighted by Gasteiger charge is -2.36. The van der Waals surface area contributed by atoms with Crippen molar-refractivity contribution in [3.05, 3.63) is 24.3 Å². The molecule has 1 aliphatic heterocycles. The molecule has 0 bridgehead atoms. The lowest BCUT2D eigenvalue weighted by Crippen LogP contribution is -2.45. The number of nitrogen functional groups attached to an aromatic ring is 1. The molecule has 0 spiro atoms. The average Bonchev–Trinajstić information content (AvgIpc) is 2.53. The average molecular weight is 340 g/mol. The first-order valence-electron chi connectivity index (χ1n) is 8.36. The van der Waals surface area contributed by atoms with E-state index in [9.17, 15) is 8.42 Å². The summed E-state index contributed by atoms with van der Waals surface area (Å²) in [7, 11) is -1.74. The van der Waals surface area contributed by atoms with Gasteiger partial charge in [0, 0.05) is 18.8 Å². The van der Waals surface area contributed by atoms with Crippen LogP contribution in [0, 0.1) is 5.92 Å². The van der Waals surface area contributed by atoms with Crippen LogP contribution >= 0.6 is 0 Å². The smallest absolute Gasteiger partial charge is 0.243 e. The summed E-state index contributed by atoms with van der Waals surface area (Å²) < 4.78 is 27.0. The summed E-state index contributed by atoms with van der Waals surface area (Å²) in [4.78, 5) is 2.76. The Balaban J connectivity index is 1.96. The van der Waals surface area contributed by atoms with Gasteiger partial charge in [0.05, 0.1) is 4.90 Å². The Morgan fingerprint density at radius 2 is 1.78 bits per heavy atom. The van der Waals surface area contributed by atoms with Crippen LogP contribution in [0.5, 0.6) is 0 Å². The summed E-state index contributed by atoms with van der Waals surface area (Å²) in [6, 6.07) is 6.51. The van der Waals surface area contributed by atoms with Crippen LogP contribution in [0.3, 0.4) is 0 Å². The first-order valence-corrected chi connectivity index (χ1v) is 9.80. The lowest BCUT2D eigenvalue weighted by molar-refractivity contribution is 0.164. The molecular weight excluding hydrogens is 310 g/mol. The number of nitrogens with two attached hydrogens (primary N) is 1. The van der Waals surface area contributed by atoms with Crippen LogP contribution in [0.1, 0.15) is 33.1 Å². The zero-order chi connectivity index (χ0) is 17.0. The molecule has 2 N–H and O–H groups in total. The van der Waals surface area contributed by atoms with Crippen molar-refractivity contribution < 1.29 is 8.42 Å². The van der Waals surface area contributed by atoms with Crippen molar-refractivity contribution in [2.45, 2.75) is 44.0 Å². The fourth-order valence-corrected chi connectivity index (χ4v) is 4.37. The molecule has 0 aromatic heterocycles. The van der Waals surface area contributed by atoms with Crippen molar-refractivity contribution in [1.82, 2.24) is 9.21 Å². The van der Waals surface area contributed by atoms with Crippen molar-refractivity contribution in [3.8, 4) is 0 Å². The predicted molar refractivity (Wildman–Crippen MR) is 94.7 cm³/mol. The minimum atomic E-state index is -3.44. The molecule has 1 aliphatic rings. The third kappa shape index (κ3) is 4.68. The van der Waals surface area contributed by atoms with E-state index in [0.717, 1.165) is 32.5 Å². The zero-order valence-electron chi connectivity index (χ0n) is 14.4. The van der Waals surface area contributed by atoms with Crippen LogP contribution in [0.25, 0.3) is 0 Å². The van der Waals surface area contributed by atoms with E-state index in [2.05, 4.69) is 18.7 Å². The third-order valence-electron chi connectivity index (χ3n) is 4.65. The van der Waals surface area contributed by atoms with Crippen molar-refractivity contribution in [1.29, 1.82) is 0 Å². The Morgan fingerprint density at radius 3 is 2.30 bits per heavy atom. The summed E-state index contributed by atoms with van der Waals surface area (Å²) in [6.45, 7) is 7.52.